The van der Waals surface area contributed by atoms with Gasteiger partial charge in [0.15, 0.2) is 0 Å². The molecular formula is C16H21N. The number of hydrogen-bond donors (Lipinski definition) is 1. The van der Waals surface area contributed by atoms with Crippen LogP contribution in [0.3, 0.4) is 0 Å². The van der Waals surface area contributed by atoms with Gasteiger partial charge in [-0.05, 0) is 24.1 Å². The summed E-state index contributed by atoms with van der Waals surface area (Å²) in [5.74, 6) is 0.759. The van der Waals surface area contributed by atoms with Gasteiger partial charge < -0.3 is 4.98 Å². The molecule has 0 saturated heterocycles. The summed E-state index contributed by atoms with van der Waals surface area (Å²) in [6.45, 7) is 0. The number of benzene rings is 1. The van der Waals surface area contributed by atoms with E-state index in [1.807, 2.05) is 0 Å². The molecule has 1 aromatic heterocycles. The van der Waals surface area contributed by atoms with Gasteiger partial charge in [-0.1, -0.05) is 56.4 Å². The van der Waals surface area contributed by atoms with Crippen LogP contribution in [0.4, 0.5) is 0 Å². The van der Waals surface area contributed by atoms with Crippen molar-refractivity contribution >= 4 is 10.8 Å². The molecule has 0 aliphatic heterocycles. The van der Waals surface area contributed by atoms with Crippen LogP contribution in [0.5, 0.6) is 0 Å². The number of H-pyrrole nitrogens is 1. The minimum Gasteiger partial charge on any atom is -0.364 e. The molecule has 90 valence electrons. The molecule has 1 N–H and O–H groups in total. The molecular weight excluding hydrogens is 206 g/mol. The van der Waals surface area contributed by atoms with Gasteiger partial charge in [0.2, 0.25) is 0 Å². The fraction of sp³-hybridized carbons (Fsp3) is 0.500. The molecule has 0 amide bonds. The lowest BCUT2D eigenvalue weighted by Gasteiger charge is -2.19. The van der Waals surface area contributed by atoms with Gasteiger partial charge in [-0.2, -0.15) is 0 Å². The van der Waals surface area contributed by atoms with Crippen LogP contribution >= 0.6 is 0 Å². The van der Waals surface area contributed by atoms with Crippen LogP contribution in [-0.4, -0.2) is 4.98 Å². The van der Waals surface area contributed by atoms with Crippen molar-refractivity contribution < 1.29 is 0 Å². The smallest absolute Gasteiger partial charge is 0.0258 e. The van der Waals surface area contributed by atoms with Crippen molar-refractivity contribution in [1.82, 2.24) is 4.98 Å². The lowest BCUT2D eigenvalue weighted by atomic mass is 9.88. The second kappa shape index (κ2) is 4.95. The fourth-order valence-electron chi connectivity index (χ4n) is 3.18. The molecule has 3 rings (SSSR count). The summed E-state index contributed by atoms with van der Waals surface area (Å²) in [6, 6.07) is 8.75. The van der Waals surface area contributed by atoms with E-state index in [0.29, 0.717) is 0 Å². The molecule has 1 heteroatoms. The molecule has 1 saturated carbocycles. The maximum atomic E-state index is 3.53. The van der Waals surface area contributed by atoms with Crippen molar-refractivity contribution in [1.29, 1.82) is 0 Å². The molecule has 0 unspecified atom stereocenters. The van der Waals surface area contributed by atoms with Gasteiger partial charge in [0, 0.05) is 17.3 Å². The van der Waals surface area contributed by atoms with Crippen LogP contribution in [0, 0.1) is 0 Å². The zero-order valence-electron chi connectivity index (χ0n) is 10.4. The highest BCUT2D eigenvalue weighted by molar-refractivity contribution is 5.85. The predicted octanol–water partition coefficient (Wildman–Crippen LogP) is 5.00. The third-order valence-electron chi connectivity index (χ3n) is 4.15. The Balaban J connectivity index is 1.90. The third kappa shape index (κ3) is 2.24. The van der Waals surface area contributed by atoms with Gasteiger partial charge in [0.25, 0.3) is 0 Å². The van der Waals surface area contributed by atoms with Gasteiger partial charge in [0.05, 0.1) is 0 Å². The Hall–Kier alpha value is -1.24. The molecule has 0 radical (unpaired) electrons. The molecule has 0 atom stereocenters. The van der Waals surface area contributed by atoms with Gasteiger partial charge in [0.1, 0.15) is 0 Å². The molecule has 1 heterocycles. The summed E-state index contributed by atoms with van der Waals surface area (Å²) in [4.78, 5) is 3.53. The Kier molecular flexibility index (Phi) is 3.17. The maximum Gasteiger partial charge on any atom is 0.0258 e. The Morgan fingerprint density at radius 2 is 1.59 bits per heavy atom. The number of aromatic amines is 1. The average Bonchev–Trinajstić information content (AvgIpc) is 2.73. The first kappa shape index (κ1) is 10.9. The van der Waals surface area contributed by atoms with E-state index >= 15 is 0 Å². The molecule has 0 bridgehead atoms. The van der Waals surface area contributed by atoms with Gasteiger partial charge >= 0.3 is 0 Å². The number of rotatable bonds is 1. The van der Waals surface area contributed by atoms with Crippen molar-refractivity contribution in [3.05, 3.63) is 36.2 Å². The van der Waals surface area contributed by atoms with Crippen molar-refractivity contribution in [3.63, 3.8) is 0 Å². The lowest BCUT2D eigenvalue weighted by Crippen LogP contribution is -2.03. The summed E-state index contributed by atoms with van der Waals surface area (Å²) in [5, 5.41) is 2.81. The van der Waals surface area contributed by atoms with Crippen molar-refractivity contribution in [2.24, 2.45) is 0 Å². The second-order valence-electron chi connectivity index (χ2n) is 5.33. The topological polar surface area (TPSA) is 15.8 Å². The molecule has 1 aliphatic rings. The highest BCUT2D eigenvalue weighted by atomic mass is 14.7. The van der Waals surface area contributed by atoms with Crippen molar-refractivity contribution in [2.75, 3.05) is 0 Å². The highest BCUT2D eigenvalue weighted by Gasteiger charge is 2.16. The Bertz CT molecular complexity index is 475. The van der Waals surface area contributed by atoms with Crippen LogP contribution in [-0.2, 0) is 0 Å². The van der Waals surface area contributed by atoms with Crippen LogP contribution in [0.15, 0.2) is 30.5 Å². The summed E-state index contributed by atoms with van der Waals surface area (Å²) >= 11 is 0. The number of aromatic nitrogens is 1. The van der Waals surface area contributed by atoms with E-state index in [0.717, 1.165) is 5.92 Å². The number of nitrogens with one attached hydrogen (secondary N) is 1. The summed E-state index contributed by atoms with van der Waals surface area (Å²) in [6.07, 6.45) is 12.0. The van der Waals surface area contributed by atoms with E-state index in [2.05, 4.69) is 35.4 Å². The van der Waals surface area contributed by atoms with Crippen LogP contribution in [0.1, 0.15) is 56.6 Å². The van der Waals surface area contributed by atoms with Crippen molar-refractivity contribution in [3.8, 4) is 0 Å². The average molecular weight is 227 g/mol. The van der Waals surface area contributed by atoms with E-state index in [4.69, 9.17) is 0 Å². The quantitative estimate of drug-likeness (QED) is 0.706. The number of hydrogen-bond acceptors (Lipinski definition) is 0. The number of fused-ring (bicyclic) bond motifs is 1. The maximum absolute atomic E-state index is 3.53. The summed E-state index contributed by atoms with van der Waals surface area (Å²) in [5.41, 5.74) is 1.49. The normalized spacial score (nSPS) is 19.1. The SMILES string of the molecule is c1ccc2c(C3CCCCCCC3)[nH]cc2c1. The van der Waals surface area contributed by atoms with Gasteiger partial charge in [-0.3, -0.25) is 0 Å². The molecule has 17 heavy (non-hydrogen) atoms. The molecule has 0 spiro atoms. The standard InChI is InChI=1S/C16H21N/c1-2-4-8-13(9-5-3-1)16-15-11-7-6-10-14(15)12-17-16/h6-7,10-13,17H,1-5,8-9H2. The molecule has 1 aromatic carbocycles. The van der Waals surface area contributed by atoms with Crippen LogP contribution in [0.25, 0.3) is 10.8 Å². The minimum absolute atomic E-state index is 0.759. The van der Waals surface area contributed by atoms with E-state index in [9.17, 15) is 0 Å². The van der Waals surface area contributed by atoms with E-state index < -0.39 is 0 Å². The predicted molar refractivity (Wildman–Crippen MR) is 73.4 cm³/mol. The monoisotopic (exact) mass is 227 g/mol. The molecule has 1 aliphatic carbocycles. The van der Waals surface area contributed by atoms with Crippen LogP contribution < -0.4 is 0 Å². The van der Waals surface area contributed by atoms with E-state index in [1.54, 1.807) is 0 Å². The van der Waals surface area contributed by atoms with Crippen molar-refractivity contribution in [2.45, 2.75) is 50.9 Å². The van der Waals surface area contributed by atoms with E-state index in [-0.39, 0.29) is 0 Å². The summed E-state index contributed by atoms with van der Waals surface area (Å²) in [7, 11) is 0. The Morgan fingerprint density at radius 3 is 2.41 bits per heavy atom. The zero-order valence-corrected chi connectivity index (χ0v) is 10.4. The fourth-order valence-corrected chi connectivity index (χ4v) is 3.18. The first-order chi connectivity index (χ1) is 8.45. The Labute approximate surface area is 103 Å². The second-order valence-corrected chi connectivity index (χ2v) is 5.33. The Morgan fingerprint density at radius 1 is 0.882 bits per heavy atom. The lowest BCUT2D eigenvalue weighted by molar-refractivity contribution is 0.452. The van der Waals surface area contributed by atoms with E-state index in [1.165, 1.54) is 61.4 Å². The van der Waals surface area contributed by atoms with Gasteiger partial charge in [-0.15, -0.1) is 0 Å². The zero-order chi connectivity index (χ0) is 11.5. The third-order valence-corrected chi connectivity index (χ3v) is 4.15. The summed E-state index contributed by atoms with van der Waals surface area (Å²) < 4.78 is 0. The van der Waals surface area contributed by atoms with Crippen LogP contribution in [0.2, 0.25) is 0 Å². The largest absolute Gasteiger partial charge is 0.364 e. The molecule has 2 aromatic rings. The minimum atomic E-state index is 0.759. The first-order valence-electron chi connectivity index (χ1n) is 7.01. The molecule has 1 nitrogen and oxygen atoms in total. The van der Waals surface area contributed by atoms with Gasteiger partial charge in [-0.25, -0.2) is 0 Å². The molecule has 1 fully saturated rings. The first-order valence-corrected chi connectivity index (χ1v) is 7.01. The highest BCUT2D eigenvalue weighted by Crippen LogP contribution is 2.34.